The molecule has 20 heavy (non-hydrogen) atoms. The predicted molar refractivity (Wildman–Crippen MR) is 82.5 cm³/mol. The van der Waals surface area contributed by atoms with Crippen molar-refractivity contribution in [2.24, 2.45) is 0 Å². The first-order valence-corrected chi connectivity index (χ1v) is 8.21. The molecule has 0 bridgehead atoms. The van der Waals surface area contributed by atoms with Crippen molar-refractivity contribution < 1.29 is 8.42 Å². The number of hydrogen-bond donors (Lipinski definition) is 0. The van der Waals surface area contributed by atoms with Crippen LogP contribution in [0.5, 0.6) is 0 Å². The molecule has 0 saturated heterocycles. The molecule has 0 radical (unpaired) electrons. The number of nitrogens with zero attached hydrogens (tertiary/aromatic N) is 1. The fourth-order valence-electron chi connectivity index (χ4n) is 2.24. The molecule has 2 aromatic rings. The maximum Gasteiger partial charge on any atom is 0.264 e. The van der Waals surface area contributed by atoms with E-state index in [1.807, 2.05) is 44.2 Å². The molecule has 0 amide bonds. The summed E-state index contributed by atoms with van der Waals surface area (Å²) in [6, 6.07) is 16.2. The molecular weight excluding hydrogens is 270 g/mol. The lowest BCUT2D eigenvalue weighted by Gasteiger charge is -2.25. The fourth-order valence-corrected chi connectivity index (χ4v) is 3.78. The Hall–Kier alpha value is -1.81. The lowest BCUT2D eigenvalue weighted by Crippen LogP contribution is -2.31. The van der Waals surface area contributed by atoms with Gasteiger partial charge in [-0.25, -0.2) is 8.42 Å². The first-order chi connectivity index (χ1) is 9.61. The van der Waals surface area contributed by atoms with Crippen molar-refractivity contribution in [3.63, 3.8) is 0 Å². The van der Waals surface area contributed by atoms with Crippen LogP contribution in [-0.4, -0.2) is 15.0 Å². The minimum Gasteiger partial charge on any atom is -0.266 e. The molecule has 0 heterocycles. The summed E-state index contributed by atoms with van der Waals surface area (Å²) in [7, 11) is -3.50. The summed E-state index contributed by atoms with van der Waals surface area (Å²) < 4.78 is 27.0. The second-order valence-electron chi connectivity index (χ2n) is 4.47. The van der Waals surface area contributed by atoms with E-state index in [9.17, 15) is 8.42 Å². The third kappa shape index (κ3) is 2.70. The number of sulfonamides is 1. The summed E-state index contributed by atoms with van der Waals surface area (Å²) in [6.45, 7) is 4.29. The number of rotatable bonds is 5. The fraction of sp³-hybridized carbons (Fsp3) is 0.250. The molecule has 0 N–H and O–H groups in total. The van der Waals surface area contributed by atoms with E-state index in [0.29, 0.717) is 11.4 Å². The largest absolute Gasteiger partial charge is 0.266 e. The molecule has 106 valence electrons. The Bertz CT molecular complexity index is 666. The molecule has 2 aromatic carbocycles. The maximum absolute atomic E-state index is 12.8. The van der Waals surface area contributed by atoms with Crippen molar-refractivity contribution in [3.05, 3.63) is 60.2 Å². The summed E-state index contributed by atoms with van der Waals surface area (Å²) in [5, 5.41) is 0. The van der Waals surface area contributed by atoms with Crippen LogP contribution in [0.3, 0.4) is 0 Å². The zero-order valence-electron chi connectivity index (χ0n) is 11.8. The molecule has 0 unspecified atom stereocenters. The predicted octanol–water partition coefficient (Wildman–Crippen LogP) is 3.46. The van der Waals surface area contributed by atoms with E-state index in [1.165, 1.54) is 4.31 Å². The second kappa shape index (κ2) is 6.09. The highest BCUT2D eigenvalue weighted by Gasteiger charge is 2.24. The van der Waals surface area contributed by atoms with Crippen molar-refractivity contribution in [2.75, 3.05) is 10.8 Å². The molecule has 0 aliphatic heterocycles. The zero-order valence-corrected chi connectivity index (χ0v) is 12.6. The summed E-state index contributed by atoms with van der Waals surface area (Å²) >= 11 is 0. The average Bonchev–Trinajstić information content (AvgIpc) is 2.49. The Morgan fingerprint density at radius 2 is 1.50 bits per heavy atom. The van der Waals surface area contributed by atoms with Gasteiger partial charge in [0.2, 0.25) is 0 Å². The Morgan fingerprint density at radius 1 is 0.900 bits per heavy atom. The summed E-state index contributed by atoms with van der Waals surface area (Å²) in [5.74, 6) is 0. The number of anilines is 1. The summed E-state index contributed by atoms with van der Waals surface area (Å²) in [4.78, 5) is 0.327. The smallest absolute Gasteiger partial charge is 0.264 e. The Morgan fingerprint density at radius 3 is 2.10 bits per heavy atom. The van der Waals surface area contributed by atoms with Crippen molar-refractivity contribution in [1.82, 2.24) is 0 Å². The van der Waals surface area contributed by atoms with Crippen LogP contribution in [0.2, 0.25) is 0 Å². The number of benzene rings is 2. The third-order valence-electron chi connectivity index (χ3n) is 3.26. The minimum atomic E-state index is -3.50. The van der Waals surface area contributed by atoms with Crippen LogP contribution >= 0.6 is 0 Å². The number of para-hydroxylation sites is 1. The summed E-state index contributed by atoms with van der Waals surface area (Å²) in [5.41, 5.74) is 1.80. The quantitative estimate of drug-likeness (QED) is 0.845. The first-order valence-electron chi connectivity index (χ1n) is 6.77. The Labute approximate surface area is 120 Å². The molecule has 0 aliphatic carbocycles. The molecule has 0 aromatic heterocycles. The molecule has 4 heteroatoms. The van der Waals surface area contributed by atoms with Gasteiger partial charge in [0.1, 0.15) is 0 Å². The average molecular weight is 289 g/mol. The van der Waals surface area contributed by atoms with E-state index >= 15 is 0 Å². The van der Waals surface area contributed by atoms with Gasteiger partial charge in [0.25, 0.3) is 10.0 Å². The molecule has 0 atom stereocenters. The lowest BCUT2D eigenvalue weighted by molar-refractivity contribution is 0.591. The second-order valence-corrected chi connectivity index (χ2v) is 6.33. The Balaban J connectivity index is 2.53. The van der Waals surface area contributed by atoms with Crippen molar-refractivity contribution in [2.45, 2.75) is 25.2 Å². The topological polar surface area (TPSA) is 37.4 Å². The van der Waals surface area contributed by atoms with Gasteiger partial charge < -0.3 is 0 Å². The van der Waals surface area contributed by atoms with Crippen molar-refractivity contribution in [3.8, 4) is 0 Å². The monoisotopic (exact) mass is 289 g/mol. The highest BCUT2D eigenvalue weighted by atomic mass is 32.2. The van der Waals surface area contributed by atoms with Gasteiger partial charge in [-0.2, -0.15) is 0 Å². The van der Waals surface area contributed by atoms with Gasteiger partial charge in [0, 0.05) is 6.54 Å². The van der Waals surface area contributed by atoms with Crippen molar-refractivity contribution >= 4 is 15.7 Å². The molecular formula is C16H19NO2S. The van der Waals surface area contributed by atoms with Gasteiger partial charge >= 0.3 is 0 Å². The van der Waals surface area contributed by atoms with Crippen LogP contribution in [0.1, 0.15) is 19.4 Å². The van der Waals surface area contributed by atoms with E-state index in [-0.39, 0.29) is 0 Å². The summed E-state index contributed by atoms with van der Waals surface area (Å²) in [6.07, 6.45) is 0.803. The molecule has 0 saturated carbocycles. The van der Waals surface area contributed by atoms with Gasteiger partial charge in [-0.15, -0.1) is 0 Å². The molecule has 0 aliphatic rings. The van der Waals surface area contributed by atoms with Gasteiger partial charge in [0.05, 0.1) is 10.6 Å². The third-order valence-corrected chi connectivity index (χ3v) is 5.16. The van der Waals surface area contributed by atoms with Gasteiger partial charge in [-0.05, 0) is 37.1 Å². The molecule has 0 fully saturated rings. The van der Waals surface area contributed by atoms with Crippen LogP contribution in [0.4, 0.5) is 5.69 Å². The SMILES string of the molecule is CCc1ccccc1N(CC)S(=O)(=O)c1ccccc1. The maximum atomic E-state index is 12.8. The van der Waals surface area contributed by atoms with Crippen LogP contribution in [-0.2, 0) is 16.4 Å². The highest BCUT2D eigenvalue weighted by Crippen LogP contribution is 2.27. The number of hydrogen-bond acceptors (Lipinski definition) is 2. The first kappa shape index (κ1) is 14.6. The van der Waals surface area contributed by atoms with E-state index in [0.717, 1.165) is 17.7 Å². The van der Waals surface area contributed by atoms with E-state index < -0.39 is 10.0 Å². The van der Waals surface area contributed by atoms with Crippen molar-refractivity contribution in [1.29, 1.82) is 0 Å². The molecule has 0 spiro atoms. The van der Waals surface area contributed by atoms with Gasteiger partial charge in [-0.1, -0.05) is 43.3 Å². The Kier molecular flexibility index (Phi) is 4.45. The van der Waals surface area contributed by atoms with Crippen LogP contribution in [0.25, 0.3) is 0 Å². The van der Waals surface area contributed by atoms with E-state index in [1.54, 1.807) is 24.3 Å². The minimum absolute atomic E-state index is 0.327. The molecule has 3 nitrogen and oxygen atoms in total. The van der Waals surface area contributed by atoms with E-state index in [4.69, 9.17) is 0 Å². The van der Waals surface area contributed by atoms with E-state index in [2.05, 4.69) is 0 Å². The van der Waals surface area contributed by atoms with Crippen LogP contribution < -0.4 is 4.31 Å². The van der Waals surface area contributed by atoms with Crippen LogP contribution in [0, 0.1) is 0 Å². The number of aryl methyl sites for hydroxylation is 1. The van der Waals surface area contributed by atoms with Gasteiger partial charge in [0.15, 0.2) is 0 Å². The normalized spacial score (nSPS) is 11.3. The lowest BCUT2D eigenvalue weighted by atomic mass is 10.1. The highest BCUT2D eigenvalue weighted by molar-refractivity contribution is 7.92. The van der Waals surface area contributed by atoms with Crippen LogP contribution in [0.15, 0.2) is 59.5 Å². The zero-order chi connectivity index (χ0) is 14.6. The standard InChI is InChI=1S/C16H19NO2S/c1-3-14-10-8-9-13-16(14)17(4-2)20(18,19)15-11-6-5-7-12-15/h5-13H,3-4H2,1-2H3. The molecule has 2 rings (SSSR count). The van der Waals surface area contributed by atoms with Gasteiger partial charge in [-0.3, -0.25) is 4.31 Å².